The molecule has 1 fully saturated rings. The Kier molecular flexibility index (Phi) is 6.10. The first kappa shape index (κ1) is 22.6. The summed E-state index contributed by atoms with van der Waals surface area (Å²) in [5, 5.41) is 6.96. The molecule has 0 bridgehead atoms. The summed E-state index contributed by atoms with van der Waals surface area (Å²) in [5.74, 6) is -0.765. The smallest absolute Gasteiger partial charge is 0.255 e. The molecule has 1 aliphatic carbocycles. The summed E-state index contributed by atoms with van der Waals surface area (Å²) in [4.78, 5) is 45.6. The van der Waals surface area contributed by atoms with E-state index in [1.54, 1.807) is 17.0 Å². The van der Waals surface area contributed by atoms with Crippen molar-refractivity contribution in [3.05, 3.63) is 74.6 Å². The van der Waals surface area contributed by atoms with Crippen molar-refractivity contribution in [2.75, 3.05) is 6.54 Å². The lowest BCUT2D eigenvalue weighted by Crippen LogP contribution is -2.43. The highest BCUT2D eigenvalue weighted by molar-refractivity contribution is 7.12. The van der Waals surface area contributed by atoms with Gasteiger partial charge in [0.05, 0.1) is 18.8 Å². The molecule has 2 N–H and O–H groups in total. The number of rotatable bonds is 7. The summed E-state index contributed by atoms with van der Waals surface area (Å²) in [7, 11) is 0. The van der Waals surface area contributed by atoms with Crippen LogP contribution in [0.25, 0.3) is 11.3 Å². The predicted molar refractivity (Wildman–Crippen MR) is 131 cm³/mol. The fraction of sp³-hybridized carbons (Fsp3) is 0.280. The van der Waals surface area contributed by atoms with Crippen LogP contribution in [0.2, 0.25) is 5.02 Å². The molecule has 0 spiro atoms. The van der Waals surface area contributed by atoms with Crippen LogP contribution < -0.4 is 10.6 Å². The van der Waals surface area contributed by atoms with Crippen LogP contribution in [0.15, 0.2) is 48.5 Å². The van der Waals surface area contributed by atoms with Crippen molar-refractivity contribution in [3.63, 3.8) is 0 Å². The molecular weight excluding hydrogens is 472 g/mol. The summed E-state index contributed by atoms with van der Waals surface area (Å²) in [5.41, 5.74) is 3.10. The first-order valence-electron chi connectivity index (χ1n) is 11.1. The molecule has 174 valence electrons. The molecule has 0 saturated heterocycles. The van der Waals surface area contributed by atoms with Crippen LogP contribution in [0.4, 0.5) is 0 Å². The molecule has 3 amide bonds. The second kappa shape index (κ2) is 9.19. The number of carbonyl (C=O) groups is 3. The number of fused-ring (bicyclic) bond motifs is 1. The minimum Gasteiger partial charge on any atom is -0.348 e. The number of aromatic nitrogens is 1. The van der Waals surface area contributed by atoms with Crippen molar-refractivity contribution >= 4 is 40.7 Å². The molecule has 34 heavy (non-hydrogen) atoms. The van der Waals surface area contributed by atoms with Crippen molar-refractivity contribution in [1.29, 1.82) is 0 Å². The number of hydrogen-bond acceptors (Lipinski definition) is 5. The molecule has 7 nitrogen and oxygen atoms in total. The van der Waals surface area contributed by atoms with Gasteiger partial charge in [-0.2, -0.15) is 0 Å². The summed E-state index contributed by atoms with van der Waals surface area (Å²) < 4.78 is 0. The zero-order valence-electron chi connectivity index (χ0n) is 18.5. The third kappa shape index (κ3) is 4.43. The lowest BCUT2D eigenvalue weighted by Gasteiger charge is -2.24. The van der Waals surface area contributed by atoms with Gasteiger partial charge in [0.2, 0.25) is 11.8 Å². The van der Waals surface area contributed by atoms with Crippen molar-refractivity contribution in [2.24, 2.45) is 0 Å². The van der Waals surface area contributed by atoms with Crippen LogP contribution in [-0.4, -0.2) is 40.2 Å². The van der Waals surface area contributed by atoms with Gasteiger partial charge in [-0.3, -0.25) is 14.4 Å². The number of benzene rings is 2. The number of thiazole rings is 1. The Morgan fingerprint density at radius 1 is 1.12 bits per heavy atom. The third-order valence-corrected chi connectivity index (χ3v) is 7.23. The molecule has 0 radical (unpaired) electrons. The first-order chi connectivity index (χ1) is 16.4. The normalized spacial score (nSPS) is 16.9. The van der Waals surface area contributed by atoms with Gasteiger partial charge in [0.1, 0.15) is 11.0 Å². The number of nitrogens with one attached hydrogen (secondary N) is 2. The second-order valence-corrected chi connectivity index (χ2v) is 10.2. The zero-order valence-corrected chi connectivity index (χ0v) is 20.1. The number of carbonyl (C=O) groups excluding carboxylic acids is 3. The minimum absolute atomic E-state index is 0.0902. The van der Waals surface area contributed by atoms with Crippen LogP contribution in [0.3, 0.4) is 0 Å². The van der Waals surface area contributed by atoms with E-state index in [-0.39, 0.29) is 36.9 Å². The molecule has 9 heteroatoms. The monoisotopic (exact) mass is 494 g/mol. The summed E-state index contributed by atoms with van der Waals surface area (Å²) in [6, 6.07) is 14.1. The van der Waals surface area contributed by atoms with E-state index in [1.807, 2.05) is 43.3 Å². The van der Waals surface area contributed by atoms with Gasteiger partial charge in [0.25, 0.3) is 5.91 Å². The van der Waals surface area contributed by atoms with E-state index in [4.69, 9.17) is 11.6 Å². The molecular formula is C25H23ClN4O3S. The second-order valence-electron chi connectivity index (χ2n) is 8.45. The summed E-state index contributed by atoms with van der Waals surface area (Å²) >= 11 is 7.48. The molecule has 1 unspecified atom stereocenters. The van der Waals surface area contributed by atoms with Crippen LogP contribution in [-0.2, 0) is 16.1 Å². The first-order valence-corrected chi connectivity index (χ1v) is 12.3. The van der Waals surface area contributed by atoms with Gasteiger partial charge in [0, 0.05) is 27.1 Å². The minimum atomic E-state index is -0.687. The molecule has 3 aromatic rings. The molecule has 2 heterocycles. The fourth-order valence-corrected chi connectivity index (χ4v) is 5.26. The van der Waals surface area contributed by atoms with Crippen LogP contribution in [0.5, 0.6) is 0 Å². The van der Waals surface area contributed by atoms with Gasteiger partial charge >= 0.3 is 0 Å². The Labute approximate surface area is 206 Å². The number of amides is 3. The van der Waals surface area contributed by atoms with E-state index in [0.717, 1.165) is 34.0 Å². The van der Waals surface area contributed by atoms with Crippen molar-refractivity contribution < 1.29 is 14.4 Å². The lowest BCUT2D eigenvalue weighted by atomic mass is 10.0. The average molecular weight is 495 g/mol. The number of aryl methyl sites for hydroxylation is 1. The zero-order chi connectivity index (χ0) is 23.8. The van der Waals surface area contributed by atoms with Gasteiger partial charge in [-0.25, -0.2) is 4.98 Å². The quantitative estimate of drug-likeness (QED) is 0.521. The lowest BCUT2D eigenvalue weighted by molar-refractivity contribution is -0.129. The van der Waals surface area contributed by atoms with E-state index in [0.29, 0.717) is 16.1 Å². The Morgan fingerprint density at radius 2 is 1.85 bits per heavy atom. The van der Waals surface area contributed by atoms with E-state index in [1.165, 1.54) is 11.3 Å². The van der Waals surface area contributed by atoms with Crippen molar-refractivity contribution in [1.82, 2.24) is 20.5 Å². The summed E-state index contributed by atoms with van der Waals surface area (Å²) in [6.45, 7) is 2.09. The molecule has 5 rings (SSSR count). The maximum absolute atomic E-state index is 13.0. The van der Waals surface area contributed by atoms with Gasteiger partial charge in [-0.1, -0.05) is 41.9 Å². The Morgan fingerprint density at radius 3 is 2.59 bits per heavy atom. The molecule has 1 aliphatic heterocycles. The van der Waals surface area contributed by atoms with Gasteiger partial charge in [0.15, 0.2) is 0 Å². The van der Waals surface area contributed by atoms with E-state index in [2.05, 4.69) is 15.6 Å². The summed E-state index contributed by atoms with van der Waals surface area (Å²) in [6.07, 6.45) is 1.80. The molecule has 1 saturated carbocycles. The fourth-order valence-electron chi connectivity index (χ4n) is 4.24. The number of hydrogen-bond donors (Lipinski definition) is 2. The highest BCUT2D eigenvalue weighted by Crippen LogP contribution is 2.41. The van der Waals surface area contributed by atoms with E-state index >= 15 is 0 Å². The SMILES string of the molecule is Cc1sc(CNC(=O)CNC(=O)C2c3ccccc3C(=O)N2C2CC2)nc1-c1ccc(Cl)cc1. The maximum Gasteiger partial charge on any atom is 0.255 e. The molecule has 2 aliphatic rings. The van der Waals surface area contributed by atoms with Crippen molar-refractivity contribution in [3.8, 4) is 11.3 Å². The van der Waals surface area contributed by atoms with Gasteiger partial charge in [-0.05, 0) is 43.5 Å². The van der Waals surface area contributed by atoms with Crippen LogP contribution in [0, 0.1) is 6.92 Å². The topological polar surface area (TPSA) is 91.4 Å². The van der Waals surface area contributed by atoms with Crippen LogP contribution >= 0.6 is 22.9 Å². The average Bonchev–Trinajstić information content (AvgIpc) is 3.54. The van der Waals surface area contributed by atoms with Gasteiger partial charge < -0.3 is 15.5 Å². The third-order valence-electron chi connectivity index (χ3n) is 6.01. The highest BCUT2D eigenvalue weighted by Gasteiger charge is 2.47. The largest absolute Gasteiger partial charge is 0.348 e. The van der Waals surface area contributed by atoms with Crippen LogP contribution in [0.1, 0.15) is 44.7 Å². The van der Waals surface area contributed by atoms with E-state index in [9.17, 15) is 14.4 Å². The predicted octanol–water partition coefficient (Wildman–Crippen LogP) is 3.86. The highest BCUT2D eigenvalue weighted by atomic mass is 35.5. The standard InChI is InChI=1S/C25H23ClN4O3S/c1-14-22(15-6-8-16(26)9-7-15)29-21(34-14)13-27-20(31)12-28-24(32)23-18-4-2-3-5-19(18)25(33)30(23)17-10-11-17/h2-9,17,23H,10-13H2,1H3,(H,27,31)(H,28,32). The Bertz CT molecular complexity index is 1270. The van der Waals surface area contributed by atoms with Gasteiger partial charge in [-0.15, -0.1) is 11.3 Å². The van der Waals surface area contributed by atoms with Crippen molar-refractivity contribution in [2.45, 2.75) is 38.4 Å². The van der Waals surface area contributed by atoms with E-state index < -0.39 is 6.04 Å². The molecule has 1 atom stereocenters. The number of halogens is 1. The molecule has 2 aromatic carbocycles. The Hall–Kier alpha value is -3.23. The Balaban J connectivity index is 1.18. The maximum atomic E-state index is 13.0. The molecule has 1 aromatic heterocycles. The number of nitrogens with zero attached hydrogens (tertiary/aromatic N) is 2.